The van der Waals surface area contributed by atoms with Crippen molar-refractivity contribution in [1.29, 1.82) is 0 Å². The van der Waals surface area contributed by atoms with Gasteiger partial charge in [-0.2, -0.15) is 0 Å². The number of anilines is 1. The van der Waals surface area contributed by atoms with Gasteiger partial charge < -0.3 is 10.4 Å². The van der Waals surface area contributed by atoms with Crippen molar-refractivity contribution in [3.05, 3.63) is 48.0 Å². The third-order valence-electron chi connectivity index (χ3n) is 5.11. The number of fused-ring (bicyclic) bond motifs is 1. The molecule has 1 saturated carbocycles. The number of amides is 1. The minimum absolute atomic E-state index is 0.0449. The average Bonchev–Trinajstić information content (AvgIpc) is 3.53. The van der Waals surface area contributed by atoms with E-state index >= 15 is 0 Å². The molecule has 0 spiro atoms. The molecule has 0 unspecified atom stereocenters. The second-order valence-electron chi connectivity index (χ2n) is 7.48. The predicted octanol–water partition coefficient (Wildman–Crippen LogP) is 4.18. The Morgan fingerprint density at radius 2 is 1.89 bits per heavy atom. The molecule has 1 amide bonds. The van der Waals surface area contributed by atoms with Crippen LogP contribution in [0.5, 0.6) is 0 Å². The zero-order chi connectivity index (χ0) is 19.7. The van der Waals surface area contributed by atoms with E-state index in [4.69, 9.17) is 0 Å². The molecule has 1 aliphatic rings. The van der Waals surface area contributed by atoms with Crippen molar-refractivity contribution >= 4 is 22.5 Å². The summed E-state index contributed by atoms with van der Waals surface area (Å²) >= 11 is 0. The first kappa shape index (κ1) is 18.5. The number of aliphatic hydroxyl groups is 1. The normalized spacial score (nSPS) is 14.8. The van der Waals surface area contributed by atoms with Crippen LogP contribution in [-0.2, 0) is 4.79 Å². The van der Waals surface area contributed by atoms with Crippen molar-refractivity contribution in [2.75, 3.05) is 5.32 Å². The number of hydrogen-bond acceptors (Lipinski definition) is 5. The number of aryl methyl sites for hydroxylation is 1. The van der Waals surface area contributed by atoms with Gasteiger partial charge in [0.05, 0.1) is 17.5 Å². The highest BCUT2D eigenvalue weighted by molar-refractivity contribution is 5.95. The van der Waals surface area contributed by atoms with Crippen molar-refractivity contribution in [3.8, 4) is 11.3 Å². The van der Waals surface area contributed by atoms with Crippen LogP contribution in [0.4, 0.5) is 5.82 Å². The number of nitrogens with zero attached hydrogens (tertiary/aromatic N) is 3. The van der Waals surface area contributed by atoms with Crippen LogP contribution in [0.15, 0.2) is 36.8 Å². The molecule has 1 aliphatic carbocycles. The molecule has 1 fully saturated rings. The quantitative estimate of drug-likeness (QED) is 0.674. The number of pyridine rings is 3. The summed E-state index contributed by atoms with van der Waals surface area (Å²) in [7, 11) is 0. The average molecular weight is 376 g/mol. The predicted molar refractivity (Wildman–Crippen MR) is 109 cm³/mol. The van der Waals surface area contributed by atoms with Gasteiger partial charge >= 0.3 is 0 Å². The van der Waals surface area contributed by atoms with Crippen LogP contribution < -0.4 is 5.32 Å². The van der Waals surface area contributed by atoms with E-state index in [9.17, 15) is 9.90 Å². The first-order chi connectivity index (χ1) is 13.5. The molecule has 28 heavy (non-hydrogen) atoms. The van der Waals surface area contributed by atoms with Crippen LogP contribution in [0.2, 0.25) is 0 Å². The maximum Gasteiger partial charge on any atom is 0.228 e. The molecule has 0 saturated heterocycles. The summed E-state index contributed by atoms with van der Waals surface area (Å²) < 4.78 is 0. The van der Waals surface area contributed by atoms with E-state index < -0.39 is 6.10 Å². The zero-order valence-corrected chi connectivity index (χ0v) is 16.1. The van der Waals surface area contributed by atoms with E-state index in [1.807, 2.05) is 32.0 Å². The number of aliphatic hydroxyl groups excluding tert-OH is 1. The first-order valence-corrected chi connectivity index (χ1v) is 9.77. The van der Waals surface area contributed by atoms with Crippen LogP contribution in [0, 0.1) is 12.8 Å². The number of aromatic nitrogens is 3. The van der Waals surface area contributed by atoms with Gasteiger partial charge in [-0.1, -0.05) is 13.3 Å². The molecule has 6 heteroatoms. The largest absolute Gasteiger partial charge is 0.387 e. The topological polar surface area (TPSA) is 88.0 Å². The Bertz CT molecular complexity index is 1030. The van der Waals surface area contributed by atoms with Crippen molar-refractivity contribution in [3.63, 3.8) is 0 Å². The number of nitrogens with one attached hydrogen (secondary N) is 1. The maximum atomic E-state index is 11.9. The Kier molecular flexibility index (Phi) is 5.05. The van der Waals surface area contributed by atoms with Crippen LogP contribution in [0.3, 0.4) is 0 Å². The lowest BCUT2D eigenvalue weighted by atomic mass is 10.0. The molecule has 2 N–H and O–H groups in total. The van der Waals surface area contributed by atoms with E-state index in [2.05, 4.69) is 20.3 Å². The fourth-order valence-electron chi connectivity index (χ4n) is 3.28. The molecular formula is C22H24N4O2. The van der Waals surface area contributed by atoms with Gasteiger partial charge in [-0.15, -0.1) is 0 Å². The molecule has 3 aromatic heterocycles. The van der Waals surface area contributed by atoms with Gasteiger partial charge in [-0.25, -0.2) is 4.98 Å². The minimum atomic E-state index is -0.532. The van der Waals surface area contributed by atoms with Crippen LogP contribution in [0.25, 0.3) is 22.0 Å². The van der Waals surface area contributed by atoms with Gasteiger partial charge in [0.1, 0.15) is 5.82 Å². The molecule has 0 bridgehead atoms. The number of carbonyl (C=O) groups excluding carboxylic acids is 1. The fraction of sp³-hybridized carbons (Fsp3) is 0.364. The molecule has 4 rings (SSSR count). The van der Waals surface area contributed by atoms with Crippen LogP contribution >= 0.6 is 0 Å². The lowest BCUT2D eigenvalue weighted by Gasteiger charge is -2.12. The second-order valence-corrected chi connectivity index (χ2v) is 7.48. The Labute approximate surface area is 164 Å². The van der Waals surface area contributed by atoms with Gasteiger partial charge in [0.25, 0.3) is 0 Å². The fourth-order valence-corrected chi connectivity index (χ4v) is 3.28. The number of carbonyl (C=O) groups is 1. The Hall–Kier alpha value is -2.86. The summed E-state index contributed by atoms with van der Waals surface area (Å²) in [4.78, 5) is 25.3. The molecule has 3 aromatic rings. The Balaban J connectivity index is 1.59. The molecule has 3 heterocycles. The molecule has 1 atom stereocenters. The summed E-state index contributed by atoms with van der Waals surface area (Å²) in [5, 5.41) is 14.9. The lowest BCUT2D eigenvalue weighted by molar-refractivity contribution is -0.117. The SMILES string of the molecule is CCC[C@H](O)c1cc(C)c(-c2cc3cnc(NC(=O)C4CC4)cc3cn2)cn1. The molecular weight excluding hydrogens is 352 g/mol. The standard InChI is InChI=1S/C22H24N4O2/c1-3-4-20(27)19-7-13(2)17(12-24-19)18-8-15-11-25-21(9-16(15)10-23-18)26-22(28)14-5-6-14/h7-12,14,20,27H,3-6H2,1-2H3,(H,25,26,28)/t20-/m0/s1. The smallest absolute Gasteiger partial charge is 0.228 e. The molecule has 0 aliphatic heterocycles. The van der Waals surface area contributed by atoms with Gasteiger partial charge in [0.2, 0.25) is 5.91 Å². The molecule has 0 aromatic carbocycles. The summed E-state index contributed by atoms with van der Waals surface area (Å²) in [6, 6.07) is 5.75. The third kappa shape index (κ3) is 3.87. The summed E-state index contributed by atoms with van der Waals surface area (Å²) in [5.74, 6) is 0.752. The second kappa shape index (κ2) is 7.64. The van der Waals surface area contributed by atoms with Crippen molar-refractivity contribution in [2.45, 2.75) is 45.6 Å². The lowest BCUT2D eigenvalue weighted by Crippen LogP contribution is -2.14. The summed E-state index contributed by atoms with van der Waals surface area (Å²) in [6.45, 7) is 4.04. The number of rotatable bonds is 6. The van der Waals surface area contributed by atoms with E-state index in [0.29, 0.717) is 17.9 Å². The van der Waals surface area contributed by atoms with E-state index in [-0.39, 0.29) is 11.8 Å². The highest BCUT2D eigenvalue weighted by Gasteiger charge is 2.29. The molecule has 6 nitrogen and oxygen atoms in total. The highest BCUT2D eigenvalue weighted by atomic mass is 16.3. The van der Waals surface area contributed by atoms with E-state index in [0.717, 1.165) is 46.9 Å². The minimum Gasteiger partial charge on any atom is -0.387 e. The third-order valence-corrected chi connectivity index (χ3v) is 5.11. The highest BCUT2D eigenvalue weighted by Crippen LogP contribution is 2.31. The summed E-state index contributed by atoms with van der Waals surface area (Å²) in [6.07, 6.45) is 8.32. The van der Waals surface area contributed by atoms with Crippen LogP contribution in [0.1, 0.15) is 50.0 Å². The van der Waals surface area contributed by atoms with Crippen molar-refractivity contribution in [2.24, 2.45) is 5.92 Å². The summed E-state index contributed by atoms with van der Waals surface area (Å²) in [5.41, 5.74) is 3.46. The van der Waals surface area contributed by atoms with Crippen LogP contribution in [-0.4, -0.2) is 26.0 Å². The zero-order valence-electron chi connectivity index (χ0n) is 16.1. The van der Waals surface area contributed by atoms with Gasteiger partial charge in [-0.05, 0) is 49.9 Å². The molecule has 144 valence electrons. The monoisotopic (exact) mass is 376 g/mol. The van der Waals surface area contributed by atoms with Crippen molar-refractivity contribution < 1.29 is 9.90 Å². The van der Waals surface area contributed by atoms with Gasteiger partial charge in [0, 0.05) is 40.8 Å². The van der Waals surface area contributed by atoms with Gasteiger partial charge in [-0.3, -0.25) is 14.8 Å². The number of hydrogen-bond donors (Lipinski definition) is 2. The first-order valence-electron chi connectivity index (χ1n) is 9.77. The van der Waals surface area contributed by atoms with E-state index in [1.165, 1.54) is 0 Å². The Morgan fingerprint density at radius 1 is 1.14 bits per heavy atom. The molecule has 0 radical (unpaired) electrons. The Morgan fingerprint density at radius 3 is 2.61 bits per heavy atom. The maximum absolute atomic E-state index is 11.9. The van der Waals surface area contributed by atoms with Gasteiger partial charge in [0.15, 0.2) is 0 Å². The van der Waals surface area contributed by atoms with Crippen molar-refractivity contribution in [1.82, 2.24) is 15.0 Å². The van der Waals surface area contributed by atoms with E-state index in [1.54, 1.807) is 18.6 Å².